The number of rotatable bonds is 4. The third-order valence-electron chi connectivity index (χ3n) is 4.68. The first-order chi connectivity index (χ1) is 13.8. The minimum Gasteiger partial charge on any atom is -0.454 e. The van der Waals surface area contributed by atoms with Crippen molar-refractivity contribution in [3.63, 3.8) is 0 Å². The van der Waals surface area contributed by atoms with Gasteiger partial charge in [0.05, 0.1) is 6.54 Å². The summed E-state index contributed by atoms with van der Waals surface area (Å²) < 4.78 is 16.1. The van der Waals surface area contributed by atoms with Crippen LogP contribution in [0.2, 0.25) is 0 Å². The number of benzene rings is 3. The van der Waals surface area contributed by atoms with E-state index in [2.05, 4.69) is 10.5 Å². The van der Waals surface area contributed by atoms with Gasteiger partial charge in [-0.2, -0.15) is 0 Å². The van der Waals surface area contributed by atoms with E-state index in [1.807, 2.05) is 60.7 Å². The summed E-state index contributed by atoms with van der Waals surface area (Å²) in [5, 5.41) is 8.91. The zero-order valence-electron chi connectivity index (χ0n) is 14.8. The van der Waals surface area contributed by atoms with Crippen molar-refractivity contribution in [2.75, 3.05) is 6.79 Å². The standard InChI is InChI=1S/C22H16N2O4/c25-22(18-7-3-5-14-4-1-2-6-17(14)18)23-12-16-11-20(28-24-16)15-8-9-19-21(10-15)27-13-26-19/h1-11H,12-13H2,(H,23,25). The topological polar surface area (TPSA) is 73.6 Å². The molecule has 138 valence electrons. The van der Waals surface area contributed by atoms with Gasteiger partial charge in [-0.1, -0.05) is 41.6 Å². The van der Waals surface area contributed by atoms with Gasteiger partial charge in [0, 0.05) is 17.2 Å². The fourth-order valence-corrected chi connectivity index (χ4v) is 3.27. The lowest BCUT2D eigenvalue weighted by Crippen LogP contribution is -2.23. The Kier molecular flexibility index (Phi) is 3.94. The molecular weight excluding hydrogens is 356 g/mol. The maximum Gasteiger partial charge on any atom is 0.252 e. The highest BCUT2D eigenvalue weighted by Crippen LogP contribution is 2.36. The van der Waals surface area contributed by atoms with E-state index in [9.17, 15) is 4.79 Å². The Labute approximate surface area is 160 Å². The highest BCUT2D eigenvalue weighted by molar-refractivity contribution is 6.06. The van der Waals surface area contributed by atoms with Gasteiger partial charge in [0.1, 0.15) is 5.69 Å². The Bertz CT molecular complexity index is 1180. The van der Waals surface area contributed by atoms with Crippen LogP contribution in [0, 0.1) is 0 Å². The number of hydrogen-bond acceptors (Lipinski definition) is 5. The van der Waals surface area contributed by atoms with Crippen LogP contribution in [0.15, 0.2) is 71.3 Å². The van der Waals surface area contributed by atoms with Gasteiger partial charge in [-0.15, -0.1) is 0 Å². The lowest BCUT2D eigenvalue weighted by atomic mass is 10.0. The minimum atomic E-state index is -0.149. The monoisotopic (exact) mass is 372 g/mol. The number of carbonyl (C=O) groups excluding carboxylic acids is 1. The second kappa shape index (κ2) is 6.74. The summed E-state index contributed by atoms with van der Waals surface area (Å²) in [5.41, 5.74) is 2.11. The highest BCUT2D eigenvalue weighted by atomic mass is 16.7. The quantitative estimate of drug-likeness (QED) is 0.582. The summed E-state index contributed by atoms with van der Waals surface area (Å²) in [6, 6.07) is 20.9. The maximum atomic E-state index is 12.6. The van der Waals surface area contributed by atoms with Gasteiger partial charge >= 0.3 is 0 Å². The van der Waals surface area contributed by atoms with Gasteiger partial charge in [0.25, 0.3) is 5.91 Å². The van der Waals surface area contributed by atoms with Crippen LogP contribution in [-0.2, 0) is 6.54 Å². The van der Waals surface area contributed by atoms with Crippen LogP contribution >= 0.6 is 0 Å². The molecule has 1 N–H and O–H groups in total. The fourth-order valence-electron chi connectivity index (χ4n) is 3.27. The SMILES string of the molecule is O=C(NCc1cc(-c2ccc3c(c2)OCO3)on1)c1cccc2ccccc12. The second-order valence-corrected chi connectivity index (χ2v) is 6.46. The number of aromatic nitrogens is 1. The van der Waals surface area contributed by atoms with Gasteiger partial charge in [-0.25, -0.2) is 0 Å². The van der Waals surface area contributed by atoms with Crippen LogP contribution < -0.4 is 14.8 Å². The number of nitrogens with one attached hydrogen (secondary N) is 1. The molecule has 4 aromatic rings. The zero-order chi connectivity index (χ0) is 18.9. The first kappa shape index (κ1) is 16.4. The molecule has 0 unspecified atom stereocenters. The van der Waals surface area contributed by atoms with Crippen LogP contribution in [-0.4, -0.2) is 17.9 Å². The van der Waals surface area contributed by atoms with Gasteiger partial charge in [0.15, 0.2) is 17.3 Å². The van der Waals surface area contributed by atoms with E-state index in [0.717, 1.165) is 16.3 Å². The van der Waals surface area contributed by atoms with Crippen molar-refractivity contribution >= 4 is 16.7 Å². The van der Waals surface area contributed by atoms with E-state index in [0.29, 0.717) is 28.5 Å². The van der Waals surface area contributed by atoms with Crippen LogP contribution in [0.1, 0.15) is 16.1 Å². The van der Waals surface area contributed by atoms with E-state index in [1.54, 1.807) is 6.07 Å². The van der Waals surface area contributed by atoms with Gasteiger partial charge in [-0.05, 0) is 35.0 Å². The second-order valence-electron chi connectivity index (χ2n) is 6.46. The number of amides is 1. The van der Waals surface area contributed by atoms with E-state index < -0.39 is 0 Å². The summed E-state index contributed by atoms with van der Waals surface area (Å²) in [7, 11) is 0. The van der Waals surface area contributed by atoms with Crippen molar-refractivity contribution in [2.24, 2.45) is 0 Å². The van der Waals surface area contributed by atoms with Crippen molar-refractivity contribution in [3.05, 3.63) is 78.0 Å². The number of hydrogen-bond donors (Lipinski definition) is 1. The Morgan fingerprint density at radius 1 is 0.964 bits per heavy atom. The van der Waals surface area contributed by atoms with Crippen LogP contribution in [0.5, 0.6) is 11.5 Å². The molecule has 0 spiro atoms. The molecule has 2 heterocycles. The number of ether oxygens (including phenoxy) is 2. The molecule has 1 aliphatic heterocycles. The Hall–Kier alpha value is -3.80. The first-order valence-corrected chi connectivity index (χ1v) is 8.89. The Morgan fingerprint density at radius 2 is 1.82 bits per heavy atom. The molecule has 3 aromatic carbocycles. The molecule has 1 aromatic heterocycles. The van der Waals surface area contributed by atoms with Gasteiger partial charge < -0.3 is 19.3 Å². The molecule has 0 radical (unpaired) electrons. The van der Waals surface area contributed by atoms with Crippen LogP contribution in [0.4, 0.5) is 0 Å². The molecule has 0 atom stereocenters. The minimum absolute atomic E-state index is 0.149. The van der Waals surface area contributed by atoms with Crippen molar-refractivity contribution in [1.82, 2.24) is 10.5 Å². The normalized spacial score (nSPS) is 12.3. The summed E-state index contributed by atoms with van der Waals surface area (Å²) in [4.78, 5) is 12.6. The van der Waals surface area contributed by atoms with Gasteiger partial charge in [-0.3, -0.25) is 4.79 Å². The van der Waals surface area contributed by atoms with Crippen LogP contribution in [0.3, 0.4) is 0 Å². The molecule has 1 aliphatic rings. The fraction of sp³-hybridized carbons (Fsp3) is 0.0909. The summed E-state index contributed by atoms with van der Waals surface area (Å²) in [6.45, 7) is 0.497. The molecule has 0 saturated carbocycles. The smallest absolute Gasteiger partial charge is 0.252 e. The van der Waals surface area contributed by atoms with Crippen molar-refractivity contribution in [2.45, 2.75) is 6.54 Å². The average molecular weight is 372 g/mol. The van der Waals surface area contributed by atoms with E-state index in [-0.39, 0.29) is 19.2 Å². The highest BCUT2D eigenvalue weighted by Gasteiger charge is 2.16. The molecule has 28 heavy (non-hydrogen) atoms. The number of nitrogens with zero attached hydrogens (tertiary/aromatic N) is 1. The lowest BCUT2D eigenvalue weighted by molar-refractivity contribution is 0.0951. The molecule has 0 saturated heterocycles. The predicted molar refractivity (Wildman–Crippen MR) is 103 cm³/mol. The number of fused-ring (bicyclic) bond motifs is 2. The van der Waals surface area contributed by atoms with Crippen molar-refractivity contribution < 1.29 is 18.8 Å². The lowest BCUT2D eigenvalue weighted by Gasteiger charge is -2.06. The Balaban J connectivity index is 1.32. The van der Waals surface area contributed by atoms with Crippen LogP contribution in [0.25, 0.3) is 22.1 Å². The average Bonchev–Trinajstić information content (AvgIpc) is 3.40. The molecule has 0 bridgehead atoms. The number of carbonyl (C=O) groups is 1. The largest absolute Gasteiger partial charge is 0.454 e. The molecule has 0 fully saturated rings. The van der Waals surface area contributed by atoms with Crippen molar-refractivity contribution in [1.29, 1.82) is 0 Å². The van der Waals surface area contributed by atoms with E-state index in [4.69, 9.17) is 14.0 Å². The molecular formula is C22H16N2O4. The summed E-state index contributed by atoms with van der Waals surface area (Å²) in [6.07, 6.45) is 0. The molecule has 5 rings (SSSR count). The third-order valence-corrected chi connectivity index (χ3v) is 4.68. The van der Waals surface area contributed by atoms with E-state index in [1.165, 1.54) is 0 Å². The molecule has 0 aliphatic carbocycles. The molecule has 6 heteroatoms. The third kappa shape index (κ3) is 2.95. The van der Waals surface area contributed by atoms with Gasteiger partial charge in [0.2, 0.25) is 6.79 Å². The Morgan fingerprint density at radius 3 is 2.79 bits per heavy atom. The molecule has 6 nitrogen and oxygen atoms in total. The van der Waals surface area contributed by atoms with E-state index >= 15 is 0 Å². The summed E-state index contributed by atoms with van der Waals surface area (Å²) >= 11 is 0. The maximum absolute atomic E-state index is 12.6. The first-order valence-electron chi connectivity index (χ1n) is 8.89. The summed E-state index contributed by atoms with van der Waals surface area (Å²) in [5.74, 6) is 1.85. The predicted octanol–water partition coefficient (Wildman–Crippen LogP) is 4.15. The zero-order valence-corrected chi connectivity index (χ0v) is 14.8. The molecule has 1 amide bonds. The van der Waals surface area contributed by atoms with Crippen molar-refractivity contribution in [3.8, 4) is 22.8 Å².